The number of phosphoric acid groups is 1. The van der Waals surface area contributed by atoms with Gasteiger partial charge in [0.05, 0.1) is 33.9 Å². The largest absolute Gasteiger partial charge is 0.472 e. The standard InChI is InChI=1S/C48H82NO9P/c1-6-8-10-12-14-16-17-18-19-20-21-22-23-25-27-31-36-40-48(52)58-46(44-57-59(53,54)56-42-41-49(3,4)5)43-55-47(51)39-35-32-28-30-34-38-45(50)37-33-29-26-24-15-13-11-9-7-2/h15,18-19,21-22,24-25,27-30,33-34,38,45-46,50H,6-14,16-17,20,23,26,31-32,35-37,39-44H2,1-5H3/p+1/b19-18-,22-21-,24-15-,27-25-,30-28+,33-29-,38-34-/t45?,46-/m1/s1. The molecule has 10 nitrogen and oxygen atoms in total. The summed E-state index contributed by atoms with van der Waals surface area (Å²) in [4.78, 5) is 35.3. The lowest BCUT2D eigenvalue weighted by atomic mass is 10.1. The van der Waals surface area contributed by atoms with Crippen molar-refractivity contribution in [3.63, 3.8) is 0 Å². The van der Waals surface area contributed by atoms with Crippen molar-refractivity contribution in [3.05, 3.63) is 85.1 Å². The molecule has 0 saturated carbocycles. The quantitative estimate of drug-likeness (QED) is 0.0155. The molecule has 0 fully saturated rings. The predicted octanol–water partition coefficient (Wildman–Crippen LogP) is 11.8. The SMILES string of the molecule is CCCCC/C=C\C/C=C\CC(O)/C=C\C=C\CCCC(=O)OC[C@H](COP(=O)(O)OCC[N+](C)(C)C)OC(=O)CCC/C=C\C/C=C\C/C=C\CCCCCCCC. The molecule has 338 valence electrons. The first-order chi connectivity index (χ1) is 28.4. The molecule has 0 bridgehead atoms. The minimum absolute atomic E-state index is 0.00406. The minimum atomic E-state index is -4.43. The van der Waals surface area contributed by atoms with Crippen LogP contribution >= 0.6 is 7.82 Å². The number of likely N-dealkylation sites (N-methyl/N-ethyl adjacent to an activating group) is 1. The van der Waals surface area contributed by atoms with E-state index in [1.54, 1.807) is 12.2 Å². The maximum absolute atomic E-state index is 12.7. The van der Waals surface area contributed by atoms with Gasteiger partial charge in [-0.1, -0.05) is 144 Å². The molecule has 2 N–H and O–H groups in total. The molecule has 0 aliphatic rings. The summed E-state index contributed by atoms with van der Waals surface area (Å²) >= 11 is 0. The van der Waals surface area contributed by atoms with Crippen LogP contribution in [-0.2, 0) is 32.7 Å². The zero-order chi connectivity index (χ0) is 43.7. The maximum atomic E-state index is 12.7. The van der Waals surface area contributed by atoms with Crippen LogP contribution < -0.4 is 0 Å². The fraction of sp³-hybridized carbons (Fsp3) is 0.667. The molecule has 3 atom stereocenters. The highest BCUT2D eigenvalue weighted by molar-refractivity contribution is 7.47. The fourth-order valence-corrected chi connectivity index (χ4v) is 6.14. The smallest absolute Gasteiger partial charge is 0.462 e. The molecule has 0 aliphatic heterocycles. The average molecular weight is 849 g/mol. The summed E-state index contributed by atoms with van der Waals surface area (Å²) in [7, 11) is 1.36. The number of nitrogens with zero attached hydrogens (tertiary/aromatic N) is 1. The molecule has 0 amide bonds. The van der Waals surface area contributed by atoms with Gasteiger partial charge in [0.25, 0.3) is 0 Å². The summed E-state index contributed by atoms with van der Waals surface area (Å²) in [5.74, 6) is -0.998. The molecule has 59 heavy (non-hydrogen) atoms. The van der Waals surface area contributed by atoms with E-state index in [0.717, 1.165) is 32.1 Å². The Bertz CT molecular complexity index is 1300. The van der Waals surface area contributed by atoms with Gasteiger partial charge >= 0.3 is 19.8 Å². The number of quaternary nitrogens is 1. The third-order valence-corrected chi connectivity index (χ3v) is 9.96. The molecule has 0 aromatic rings. The Labute approximate surface area is 359 Å². The van der Waals surface area contributed by atoms with Crippen LogP contribution in [0.1, 0.15) is 149 Å². The summed E-state index contributed by atoms with van der Waals surface area (Å²) in [6.45, 7) is 4.14. The Hall–Kier alpha value is -2.85. The normalized spacial score (nSPS) is 14.9. The summed E-state index contributed by atoms with van der Waals surface area (Å²) in [5.41, 5.74) is 0. The summed E-state index contributed by atoms with van der Waals surface area (Å²) < 4.78 is 34.1. The number of aliphatic hydroxyl groups excluding tert-OH is 1. The second kappa shape index (κ2) is 39.3. The first-order valence-corrected chi connectivity index (χ1v) is 23.9. The maximum Gasteiger partial charge on any atom is 0.472 e. The van der Waals surface area contributed by atoms with E-state index in [1.807, 2.05) is 45.4 Å². The summed E-state index contributed by atoms with van der Waals surface area (Å²) in [6.07, 6.45) is 46.7. The number of carbonyl (C=O) groups is 2. The summed E-state index contributed by atoms with van der Waals surface area (Å²) in [6, 6.07) is 0. The van der Waals surface area contributed by atoms with Gasteiger partial charge in [-0.05, 0) is 77.0 Å². The Morgan fingerprint density at radius 2 is 1.12 bits per heavy atom. The highest BCUT2D eigenvalue weighted by Crippen LogP contribution is 2.43. The van der Waals surface area contributed by atoms with Crippen LogP contribution in [0.2, 0.25) is 0 Å². The molecule has 0 aromatic carbocycles. The molecule has 0 aromatic heterocycles. The Balaban J connectivity index is 4.63. The van der Waals surface area contributed by atoms with E-state index < -0.39 is 38.6 Å². The lowest BCUT2D eigenvalue weighted by molar-refractivity contribution is -0.870. The lowest BCUT2D eigenvalue weighted by Gasteiger charge is -2.24. The van der Waals surface area contributed by atoms with E-state index in [1.165, 1.54) is 57.8 Å². The molecule has 2 unspecified atom stereocenters. The second-order valence-corrected chi connectivity index (χ2v) is 17.4. The molecule has 0 rings (SSSR count). The van der Waals surface area contributed by atoms with Crippen LogP contribution in [0.3, 0.4) is 0 Å². The number of carbonyl (C=O) groups excluding carboxylic acids is 2. The van der Waals surface area contributed by atoms with Crippen LogP contribution in [0.5, 0.6) is 0 Å². The van der Waals surface area contributed by atoms with Gasteiger partial charge in [-0.2, -0.15) is 0 Å². The predicted molar refractivity (Wildman–Crippen MR) is 244 cm³/mol. The fourth-order valence-electron chi connectivity index (χ4n) is 5.39. The highest BCUT2D eigenvalue weighted by atomic mass is 31.2. The van der Waals surface area contributed by atoms with Gasteiger partial charge in [0.15, 0.2) is 6.10 Å². The van der Waals surface area contributed by atoms with Crippen LogP contribution in [0, 0.1) is 0 Å². The first kappa shape index (κ1) is 56.1. The van der Waals surface area contributed by atoms with Gasteiger partial charge in [-0.15, -0.1) is 0 Å². The number of ether oxygens (including phenoxy) is 2. The van der Waals surface area contributed by atoms with Gasteiger partial charge < -0.3 is 24.0 Å². The number of hydrogen-bond donors (Lipinski definition) is 2. The number of phosphoric ester groups is 1. The zero-order valence-corrected chi connectivity index (χ0v) is 38.5. The van der Waals surface area contributed by atoms with Crippen LogP contribution in [0.4, 0.5) is 0 Å². The monoisotopic (exact) mass is 849 g/mol. The van der Waals surface area contributed by atoms with Crippen molar-refractivity contribution >= 4 is 19.8 Å². The minimum Gasteiger partial charge on any atom is -0.462 e. The molecule has 0 radical (unpaired) electrons. The molecule has 11 heteroatoms. The molecule has 0 spiro atoms. The van der Waals surface area contributed by atoms with Gasteiger partial charge in [0, 0.05) is 12.8 Å². The third-order valence-electron chi connectivity index (χ3n) is 8.98. The molecule has 0 aliphatic carbocycles. The number of esters is 2. The molecule has 0 heterocycles. The average Bonchev–Trinajstić information content (AvgIpc) is 3.18. The van der Waals surface area contributed by atoms with Gasteiger partial charge in [-0.3, -0.25) is 18.6 Å². The van der Waals surface area contributed by atoms with Crippen molar-refractivity contribution in [3.8, 4) is 0 Å². The van der Waals surface area contributed by atoms with Crippen molar-refractivity contribution < 1.29 is 47.2 Å². The Morgan fingerprint density at radius 3 is 1.75 bits per heavy atom. The van der Waals surface area contributed by atoms with Gasteiger partial charge in [-0.25, -0.2) is 4.57 Å². The van der Waals surface area contributed by atoms with Crippen molar-refractivity contribution in [2.45, 2.75) is 161 Å². The van der Waals surface area contributed by atoms with Crippen LogP contribution in [0.15, 0.2) is 85.1 Å². The lowest BCUT2D eigenvalue weighted by Crippen LogP contribution is -2.37. The number of hydrogen-bond acceptors (Lipinski definition) is 8. The first-order valence-electron chi connectivity index (χ1n) is 22.4. The van der Waals surface area contributed by atoms with E-state index in [2.05, 4.69) is 62.5 Å². The third kappa shape index (κ3) is 43.1. The van der Waals surface area contributed by atoms with E-state index in [-0.39, 0.29) is 26.1 Å². The Morgan fingerprint density at radius 1 is 0.610 bits per heavy atom. The number of aliphatic hydroxyl groups is 1. The molecular formula is C48H83NO9P+. The van der Waals surface area contributed by atoms with Crippen LogP contribution in [0.25, 0.3) is 0 Å². The van der Waals surface area contributed by atoms with E-state index in [9.17, 15) is 24.2 Å². The van der Waals surface area contributed by atoms with E-state index >= 15 is 0 Å². The van der Waals surface area contributed by atoms with E-state index in [0.29, 0.717) is 43.1 Å². The number of unbranched alkanes of at least 4 members (excludes halogenated alkanes) is 11. The Kier molecular flexibility index (Phi) is 37.4. The van der Waals surface area contributed by atoms with Gasteiger partial charge in [0.2, 0.25) is 0 Å². The highest BCUT2D eigenvalue weighted by Gasteiger charge is 2.27. The van der Waals surface area contributed by atoms with Crippen molar-refractivity contribution in [1.29, 1.82) is 0 Å². The van der Waals surface area contributed by atoms with Crippen molar-refractivity contribution in [1.82, 2.24) is 0 Å². The van der Waals surface area contributed by atoms with Crippen LogP contribution in [-0.4, -0.2) is 86.1 Å². The van der Waals surface area contributed by atoms with E-state index in [4.69, 9.17) is 18.5 Å². The van der Waals surface area contributed by atoms with Gasteiger partial charge in [0.1, 0.15) is 19.8 Å². The topological polar surface area (TPSA) is 129 Å². The molecular weight excluding hydrogens is 765 g/mol. The molecule has 0 saturated heterocycles. The number of allylic oxidation sites excluding steroid dienone is 12. The second-order valence-electron chi connectivity index (χ2n) is 15.9. The van der Waals surface area contributed by atoms with Crippen molar-refractivity contribution in [2.75, 3.05) is 47.5 Å². The summed E-state index contributed by atoms with van der Waals surface area (Å²) in [5, 5.41) is 10.1. The number of rotatable bonds is 39. The zero-order valence-electron chi connectivity index (χ0n) is 37.6. The van der Waals surface area contributed by atoms with Crippen molar-refractivity contribution in [2.24, 2.45) is 0 Å².